The number of piperidine rings is 1. The first-order valence-corrected chi connectivity index (χ1v) is 7.89. The van der Waals surface area contributed by atoms with Crippen molar-refractivity contribution in [2.75, 3.05) is 19.7 Å². The zero-order chi connectivity index (χ0) is 16.4. The molecule has 1 aromatic heterocycles. The van der Waals surface area contributed by atoms with Gasteiger partial charge in [-0.1, -0.05) is 0 Å². The SMILES string of the molecule is Cc1cc(-c2cn(CCO)c(C3CCNCC3F)n2)ccc1F. The van der Waals surface area contributed by atoms with Crippen molar-refractivity contribution in [2.45, 2.75) is 32.0 Å². The summed E-state index contributed by atoms with van der Waals surface area (Å²) in [6, 6.07) is 4.82. The third-order valence-corrected chi connectivity index (χ3v) is 4.34. The molecule has 0 saturated carbocycles. The number of nitrogens with one attached hydrogen (secondary N) is 1. The number of benzene rings is 1. The van der Waals surface area contributed by atoms with Crippen molar-refractivity contribution in [1.82, 2.24) is 14.9 Å². The van der Waals surface area contributed by atoms with Gasteiger partial charge in [-0.15, -0.1) is 0 Å². The molecule has 0 spiro atoms. The first kappa shape index (κ1) is 16.1. The topological polar surface area (TPSA) is 50.1 Å². The minimum Gasteiger partial charge on any atom is -0.395 e. The summed E-state index contributed by atoms with van der Waals surface area (Å²) in [4.78, 5) is 4.61. The fourth-order valence-corrected chi connectivity index (χ4v) is 3.07. The van der Waals surface area contributed by atoms with Gasteiger partial charge in [0.2, 0.25) is 0 Å². The molecule has 1 aromatic carbocycles. The number of hydrogen-bond donors (Lipinski definition) is 2. The van der Waals surface area contributed by atoms with Crippen LogP contribution in [0.5, 0.6) is 0 Å². The Morgan fingerprint density at radius 3 is 2.96 bits per heavy atom. The summed E-state index contributed by atoms with van der Waals surface area (Å²) in [5.74, 6) is 0.120. The molecular weight excluding hydrogens is 300 g/mol. The number of rotatable bonds is 4. The molecular formula is C17H21F2N3O. The molecule has 1 fully saturated rings. The Kier molecular flexibility index (Phi) is 4.73. The third kappa shape index (κ3) is 3.28. The van der Waals surface area contributed by atoms with Crippen LogP contribution in [0.3, 0.4) is 0 Å². The van der Waals surface area contributed by atoms with Crippen LogP contribution in [0, 0.1) is 12.7 Å². The van der Waals surface area contributed by atoms with Gasteiger partial charge >= 0.3 is 0 Å². The number of aliphatic hydroxyl groups is 1. The van der Waals surface area contributed by atoms with Gasteiger partial charge in [0.05, 0.1) is 18.2 Å². The summed E-state index contributed by atoms with van der Waals surface area (Å²) in [6.45, 7) is 3.12. The summed E-state index contributed by atoms with van der Waals surface area (Å²) in [5.41, 5.74) is 2.03. The van der Waals surface area contributed by atoms with Crippen LogP contribution in [0.2, 0.25) is 0 Å². The van der Waals surface area contributed by atoms with E-state index in [-0.39, 0.29) is 18.3 Å². The van der Waals surface area contributed by atoms with Crippen LogP contribution >= 0.6 is 0 Å². The van der Waals surface area contributed by atoms with Gasteiger partial charge in [0, 0.05) is 24.8 Å². The molecule has 2 aromatic rings. The fraction of sp³-hybridized carbons (Fsp3) is 0.471. The molecule has 0 aliphatic carbocycles. The standard InChI is InChI=1S/C17H21F2N3O/c1-11-8-12(2-3-14(11)18)16-10-22(6-7-23)17(21-16)13-4-5-20-9-15(13)19/h2-3,8,10,13,15,20,23H,4-7,9H2,1H3. The van der Waals surface area contributed by atoms with Gasteiger partial charge in [0.25, 0.3) is 0 Å². The van der Waals surface area contributed by atoms with Crippen molar-refractivity contribution in [3.05, 3.63) is 41.6 Å². The first-order valence-electron chi connectivity index (χ1n) is 7.89. The molecule has 2 N–H and O–H groups in total. The molecule has 0 amide bonds. The lowest BCUT2D eigenvalue weighted by atomic mass is 9.95. The van der Waals surface area contributed by atoms with Crippen LogP contribution in [-0.4, -0.2) is 40.5 Å². The van der Waals surface area contributed by atoms with Crippen molar-refractivity contribution in [1.29, 1.82) is 0 Å². The molecule has 1 saturated heterocycles. The van der Waals surface area contributed by atoms with Gasteiger partial charge < -0.3 is 15.0 Å². The summed E-state index contributed by atoms with van der Waals surface area (Å²) >= 11 is 0. The molecule has 23 heavy (non-hydrogen) atoms. The number of aromatic nitrogens is 2. The predicted molar refractivity (Wildman–Crippen MR) is 84.6 cm³/mol. The molecule has 2 unspecified atom stereocenters. The highest BCUT2D eigenvalue weighted by atomic mass is 19.1. The second-order valence-corrected chi connectivity index (χ2v) is 5.98. The van der Waals surface area contributed by atoms with Crippen LogP contribution in [0.4, 0.5) is 8.78 Å². The number of imidazole rings is 1. The van der Waals surface area contributed by atoms with Crippen LogP contribution in [0.1, 0.15) is 23.7 Å². The maximum atomic E-state index is 14.3. The van der Waals surface area contributed by atoms with Crippen LogP contribution < -0.4 is 5.32 Å². The molecule has 2 heterocycles. The lowest BCUT2D eigenvalue weighted by molar-refractivity contribution is 0.216. The van der Waals surface area contributed by atoms with E-state index in [1.165, 1.54) is 6.07 Å². The Labute approximate surface area is 134 Å². The van der Waals surface area contributed by atoms with Crippen molar-refractivity contribution in [3.63, 3.8) is 0 Å². The minimum absolute atomic E-state index is 0.0346. The largest absolute Gasteiger partial charge is 0.395 e. The van der Waals surface area contributed by atoms with Crippen LogP contribution in [0.15, 0.2) is 24.4 Å². The van der Waals surface area contributed by atoms with Crippen molar-refractivity contribution < 1.29 is 13.9 Å². The summed E-state index contributed by atoms with van der Waals surface area (Å²) in [5, 5.41) is 12.3. The van der Waals surface area contributed by atoms with E-state index in [2.05, 4.69) is 10.3 Å². The average molecular weight is 321 g/mol. The Bertz CT molecular complexity index is 686. The van der Waals surface area contributed by atoms with Gasteiger partial charge in [-0.2, -0.15) is 0 Å². The fourth-order valence-electron chi connectivity index (χ4n) is 3.07. The van der Waals surface area contributed by atoms with Gasteiger partial charge in [-0.25, -0.2) is 13.8 Å². The Hall–Kier alpha value is -1.79. The normalized spacial score (nSPS) is 21.6. The van der Waals surface area contributed by atoms with Gasteiger partial charge in [-0.3, -0.25) is 0 Å². The van der Waals surface area contributed by atoms with E-state index in [4.69, 9.17) is 0 Å². The van der Waals surface area contributed by atoms with E-state index < -0.39 is 6.17 Å². The van der Waals surface area contributed by atoms with E-state index in [9.17, 15) is 13.9 Å². The monoisotopic (exact) mass is 321 g/mol. The smallest absolute Gasteiger partial charge is 0.126 e. The lowest BCUT2D eigenvalue weighted by Crippen LogP contribution is -2.37. The van der Waals surface area contributed by atoms with Crippen LogP contribution in [0.25, 0.3) is 11.3 Å². The van der Waals surface area contributed by atoms with E-state index in [1.807, 2.05) is 10.8 Å². The molecule has 4 nitrogen and oxygen atoms in total. The Balaban J connectivity index is 1.99. The molecule has 124 valence electrons. The van der Waals surface area contributed by atoms with E-state index in [0.29, 0.717) is 36.6 Å². The van der Waals surface area contributed by atoms with Crippen molar-refractivity contribution >= 4 is 0 Å². The molecule has 3 rings (SSSR count). The average Bonchev–Trinajstić information content (AvgIpc) is 2.95. The second-order valence-electron chi connectivity index (χ2n) is 5.98. The van der Waals surface area contributed by atoms with Crippen LogP contribution in [-0.2, 0) is 6.54 Å². The third-order valence-electron chi connectivity index (χ3n) is 4.34. The lowest BCUT2D eigenvalue weighted by Gasteiger charge is -2.26. The van der Waals surface area contributed by atoms with Crippen molar-refractivity contribution in [3.8, 4) is 11.3 Å². The number of nitrogens with zero attached hydrogens (tertiary/aromatic N) is 2. The predicted octanol–water partition coefficient (Wildman–Crippen LogP) is 2.40. The maximum absolute atomic E-state index is 14.3. The molecule has 2 atom stereocenters. The van der Waals surface area contributed by atoms with Gasteiger partial charge in [-0.05, 0) is 43.7 Å². The van der Waals surface area contributed by atoms with E-state index >= 15 is 0 Å². The van der Waals surface area contributed by atoms with Gasteiger partial charge in [0.15, 0.2) is 0 Å². The molecule has 0 radical (unpaired) electrons. The highest BCUT2D eigenvalue weighted by Gasteiger charge is 2.30. The Morgan fingerprint density at radius 1 is 1.43 bits per heavy atom. The quantitative estimate of drug-likeness (QED) is 0.909. The zero-order valence-corrected chi connectivity index (χ0v) is 13.1. The number of halogens is 2. The summed E-state index contributed by atoms with van der Waals surface area (Å²) in [7, 11) is 0. The van der Waals surface area contributed by atoms with Crippen molar-refractivity contribution in [2.24, 2.45) is 0 Å². The molecule has 1 aliphatic heterocycles. The van der Waals surface area contributed by atoms with E-state index in [0.717, 1.165) is 12.1 Å². The summed E-state index contributed by atoms with van der Waals surface area (Å²) < 4.78 is 29.5. The number of aryl methyl sites for hydroxylation is 1. The first-order chi connectivity index (χ1) is 11.1. The maximum Gasteiger partial charge on any atom is 0.126 e. The minimum atomic E-state index is -0.994. The summed E-state index contributed by atoms with van der Waals surface area (Å²) in [6.07, 6.45) is 1.49. The zero-order valence-electron chi connectivity index (χ0n) is 13.1. The number of aliphatic hydroxyl groups excluding tert-OH is 1. The molecule has 0 bridgehead atoms. The molecule has 6 heteroatoms. The number of alkyl halides is 1. The van der Waals surface area contributed by atoms with E-state index in [1.54, 1.807) is 19.1 Å². The number of hydrogen-bond acceptors (Lipinski definition) is 3. The highest BCUT2D eigenvalue weighted by Crippen LogP contribution is 2.30. The Morgan fingerprint density at radius 2 is 2.26 bits per heavy atom. The van der Waals surface area contributed by atoms with Gasteiger partial charge in [0.1, 0.15) is 17.8 Å². The highest BCUT2D eigenvalue weighted by molar-refractivity contribution is 5.60. The second kappa shape index (κ2) is 6.76. The molecule has 1 aliphatic rings.